The van der Waals surface area contributed by atoms with Gasteiger partial charge < -0.3 is 24.4 Å². The molecule has 3 atom stereocenters. The first kappa shape index (κ1) is 23.4. The Morgan fingerprint density at radius 3 is 2.65 bits per heavy atom. The minimum absolute atomic E-state index is 0.0777. The molecule has 1 aliphatic carbocycles. The van der Waals surface area contributed by atoms with E-state index in [0.717, 1.165) is 5.75 Å². The van der Waals surface area contributed by atoms with E-state index in [1.54, 1.807) is 0 Å². The van der Waals surface area contributed by atoms with Gasteiger partial charge in [-0.3, -0.25) is 9.59 Å². The van der Waals surface area contributed by atoms with Crippen molar-refractivity contribution in [2.45, 2.75) is 56.8 Å². The van der Waals surface area contributed by atoms with Gasteiger partial charge in [0.2, 0.25) is 5.79 Å². The molecule has 1 saturated heterocycles. The first-order chi connectivity index (χ1) is 15.0. The van der Waals surface area contributed by atoms with Crippen LogP contribution in [0.5, 0.6) is 5.75 Å². The highest BCUT2D eigenvalue weighted by Crippen LogP contribution is 2.38. The summed E-state index contributed by atoms with van der Waals surface area (Å²) in [5.74, 6) is -1.25. The molecule has 1 aliphatic heterocycles. The molecule has 1 saturated carbocycles. The summed E-state index contributed by atoms with van der Waals surface area (Å²) in [5.41, 5.74) is 0. The van der Waals surface area contributed by atoms with Gasteiger partial charge in [0.1, 0.15) is 18.1 Å². The second-order valence-electron chi connectivity index (χ2n) is 8.25. The van der Waals surface area contributed by atoms with Crippen molar-refractivity contribution < 1.29 is 34.0 Å². The molecule has 2 N–H and O–H groups in total. The molecule has 7 heteroatoms. The van der Waals surface area contributed by atoms with Crippen LogP contribution >= 0.6 is 0 Å². The van der Waals surface area contributed by atoms with Gasteiger partial charge in [0, 0.05) is 25.2 Å². The number of ketones is 1. The molecule has 0 amide bonds. The Labute approximate surface area is 183 Å². The molecule has 1 aromatic carbocycles. The lowest BCUT2D eigenvalue weighted by molar-refractivity contribution is -0.184. The Balaban J connectivity index is 1.53. The van der Waals surface area contributed by atoms with Crippen LogP contribution < -0.4 is 4.74 Å². The van der Waals surface area contributed by atoms with E-state index in [1.807, 2.05) is 42.5 Å². The summed E-state index contributed by atoms with van der Waals surface area (Å²) in [6.07, 6.45) is 6.50. The number of aliphatic hydroxyl groups is 1. The number of benzene rings is 1. The molecule has 0 radical (unpaired) electrons. The number of unbranched alkanes of at least 4 members (excludes halogenated alkanes) is 1. The van der Waals surface area contributed by atoms with Gasteiger partial charge in [-0.15, -0.1) is 0 Å². The van der Waals surface area contributed by atoms with Crippen molar-refractivity contribution in [3.8, 4) is 5.75 Å². The van der Waals surface area contributed by atoms with Crippen molar-refractivity contribution in [2.24, 2.45) is 11.8 Å². The van der Waals surface area contributed by atoms with Gasteiger partial charge in [0.25, 0.3) is 0 Å². The zero-order chi connectivity index (χ0) is 22.1. The highest BCUT2D eigenvalue weighted by molar-refractivity contribution is 5.84. The second kappa shape index (κ2) is 11.4. The predicted molar refractivity (Wildman–Crippen MR) is 114 cm³/mol. The lowest BCUT2D eigenvalue weighted by atomic mass is 9.86. The molecule has 0 bridgehead atoms. The number of hydrogen-bond donors (Lipinski definition) is 2. The summed E-state index contributed by atoms with van der Waals surface area (Å²) in [4.78, 5) is 23.1. The number of Topliss-reactive ketones (excluding diaryl/α,β-unsaturated/α-hetero) is 1. The van der Waals surface area contributed by atoms with Gasteiger partial charge in [0.15, 0.2) is 0 Å². The highest BCUT2D eigenvalue weighted by Gasteiger charge is 2.44. The van der Waals surface area contributed by atoms with E-state index in [0.29, 0.717) is 45.3 Å². The van der Waals surface area contributed by atoms with E-state index in [-0.39, 0.29) is 37.1 Å². The van der Waals surface area contributed by atoms with E-state index >= 15 is 0 Å². The van der Waals surface area contributed by atoms with E-state index in [9.17, 15) is 14.7 Å². The van der Waals surface area contributed by atoms with Crippen LogP contribution in [-0.4, -0.2) is 53.7 Å². The summed E-state index contributed by atoms with van der Waals surface area (Å²) in [5, 5.41) is 19.1. The van der Waals surface area contributed by atoms with Crippen LogP contribution in [0, 0.1) is 11.8 Å². The van der Waals surface area contributed by atoms with Gasteiger partial charge in [-0.25, -0.2) is 0 Å². The Morgan fingerprint density at radius 1 is 1.19 bits per heavy atom. The number of aliphatic carboxylic acids is 1. The molecule has 2 fully saturated rings. The molecule has 7 nitrogen and oxygen atoms in total. The summed E-state index contributed by atoms with van der Waals surface area (Å²) in [6, 6.07) is 9.47. The van der Waals surface area contributed by atoms with Gasteiger partial charge in [-0.05, 0) is 43.7 Å². The van der Waals surface area contributed by atoms with Crippen molar-refractivity contribution in [3.63, 3.8) is 0 Å². The number of allylic oxidation sites excluding steroid dienone is 2. The number of para-hydroxylation sites is 1. The van der Waals surface area contributed by atoms with E-state index in [4.69, 9.17) is 19.3 Å². The van der Waals surface area contributed by atoms with Crippen molar-refractivity contribution in [1.82, 2.24) is 0 Å². The summed E-state index contributed by atoms with van der Waals surface area (Å²) in [7, 11) is 0. The van der Waals surface area contributed by atoms with Crippen LogP contribution in [0.25, 0.3) is 0 Å². The molecule has 0 aromatic heterocycles. The Bertz CT molecular complexity index is 740. The fourth-order valence-corrected chi connectivity index (χ4v) is 4.34. The third-order valence-corrected chi connectivity index (χ3v) is 6.02. The Morgan fingerprint density at radius 2 is 1.94 bits per heavy atom. The topological polar surface area (TPSA) is 102 Å². The number of ether oxygens (including phenoxy) is 3. The number of carboxylic acids is 1. The maximum atomic E-state index is 12.5. The SMILES string of the molecule is O=C(O)CCC/C=C\C[C@H]1[C@@H](O)CC(=O)[C@@H]1CCC1(COc2ccccc2)OCCO1. The quantitative estimate of drug-likeness (QED) is 0.386. The van der Waals surface area contributed by atoms with E-state index < -0.39 is 17.9 Å². The van der Waals surface area contributed by atoms with Crippen LogP contribution in [-0.2, 0) is 19.1 Å². The fourth-order valence-electron chi connectivity index (χ4n) is 4.34. The standard InChI is InChI=1S/C24H32O7/c25-21-16-22(26)20(19(21)10-6-1-2-7-11-23(27)28)12-13-24(30-14-15-31-24)17-29-18-8-4-3-5-9-18/h1,3-6,8-9,19-21,25H,2,7,10-17H2,(H,27,28)/b6-1-/t19-,20-,21+/m1/s1. The van der Waals surface area contributed by atoms with Crippen molar-refractivity contribution in [2.75, 3.05) is 19.8 Å². The fraction of sp³-hybridized carbons (Fsp3) is 0.583. The number of carbonyl (C=O) groups is 2. The first-order valence-corrected chi connectivity index (χ1v) is 11.0. The second-order valence-corrected chi connectivity index (χ2v) is 8.25. The smallest absolute Gasteiger partial charge is 0.303 e. The third kappa shape index (κ3) is 6.89. The van der Waals surface area contributed by atoms with Crippen molar-refractivity contribution in [1.29, 1.82) is 0 Å². The lowest BCUT2D eigenvalue weighted by Crippen LogP contribution is -2.38. The molecular formula is C24H32O7. The molecule has 170 valence electrons. The molecule has 0 unspecified atom stereocenters. The van der Waals surface area contributed by atoms with Crippen molar-refractivity contribution in [3.05, 3.63) is 42.5 Å². The van der Waals surface area contributed by atoms with Crippen LogP contribution in [0.4, 0.5) is 0 Å². The minimum atomic E-state index is -0.874. The molecule has 1 aromatic rings. The van der Waals surface area contributed by atoms with Crippen LogP contribution in [0.2, 0.25) is 0 Å². The summed E-state index contributed by atoms with van der Waals surface area (Å²) < 4.78 is 17.6. The molecule has 1 heterocycles. The summed E-state index contributed by atoms with van der Waals surface area (Å²) >= 11 is 0. The van der Waals surface area contributed by atoms with Gasteiger partial charge in [0.05, 0.1) is 19.3 Å². The Kier molecular flexibility index (Phi) is 8.63. The number of carbonyl (C=O) groups excluding carboxylic acids is 1. The monoisotopic (exact) mass is 432 g/mol. The van der Waals surface area contributed by atoms with Crippen LogP contribution in [0.3, 0.4) is 0 Å². The third-order valence-electron chi connectivity index (χ3n) is 6.02. The largest absolute Gasteiger partial charge is 0.488 e. The van der Waals surface area contributed by atoms with E-state index in [2.05, 4.69) is 0 Å². The summed E-state index contributed by atoms with van der Waals surface area (Å²) in [6.45, 7) is 1.22. The molecule has 31 heavy (non-hydrogen) atoms. The maximum absolute atomic E-state index is 12.5. The average molecular weight is 433 g/mol. The molecular weight excluding hydrogens is 400 g/mol. The zero-order valence-corrected chi connectivity index (χ0v) is 17.8. The zero-order valence-electron chi connectivity index (χ0n) is 17.8. The molecule has 0 spiro atoms. The number of carboxylic acid groups (broad SMARTS) is 1. The van der Waals surface area contributed by atoms with Crippen LogP contribution in [0.15, 0.2) is 42.5 Å². The number of rotatable bonds is 12. The minimum Gasteiger partial charge on any atom is -0.488 e. The van der Waals surface area contributed by atoms with E-state index in [1.165, 1.54) is 0 Å². The van der Waals surface area contributed by atoms with Crippen LogP contribution in [0.1, 0.15) is 44.9 Å². The average Bonchev–Trinajstić information content (AvgIpc) is 3.32. The molecule has 3 rings (SSSR count). The molecule has 2 aliphatic rings. The van der Waals surface area contributed by atoms with Gasteiger partial charge in [-0.1, -0.05) is 30.4 Å². The predicted octanol–water partition coefficient (Wildman–Crippen LogP) is 3.36. The number of hydrogen-bond acceptors (Lipinski definition) is 6. The first-order valence-electron chi connectivity index (χ1n) is 11.0. The highest BCUT2D eigenvalue weighted by atomic mass is 16.8. The lowest BCUT2D eigenvalue weighted by Gasteiger charge is -2.29. The van der Waals surface area contributed by atoms with Gasteiger partial charge in [-0.2, -0.15) is 0 Å². The number of aliphatic hydroxyl groups excluding tert-OH is 1. The van der Waals surface area contributed by atoms with Gasteiger partial charge >= 0.3 is 5.97 Å². The normalized spacial score (nSPS) is 25.3. The maximum Gasteiger partial charge on any atom is 0.303 e. The van der Waals surface area contributed by atoms with Crippen molar-refractivity contribution >= 4 is 11.8 Å². The Hall–Kier alpha value is -2.22.